The van der Waals surface area contributed by atoms with Gasteiger partial charge in [0.05, 0.1) is 6.61 Å². The van der Waals surface area contributed by atoms with E-state index in [9.17, 15) is 14.4 Å². The molecule has 35 heavy (non-hydrogen) atoms. The molecule has 1 amide bonds. The topological polar surface area (TPSA) is 119 Å². The second kappa shape index (κ2) is 19.8. The number of hydrogen-bond donors (Lipinski definition) is 3. The predicted molar refractivity (Wildman–Crippen MR) is 139 cm³/mol. The number of unbranched alkanes of at least 4 members (excludes halogenated alkanes) is 11. The maximum atomic E-state index is 11.9. The van der Waals surface area contributed by atoms with Crippen molar-refractivity contribution in [2.45, 2.75) is 115 Å². The first-order chi connectivity index (χ1) is 16.9. The molecule has 2 atom stereocenters. The molecule has 1 heterocycles. The van der Waals surface area contributed by atoms with E-state index in [1.165, 1.54) is 64.2 Å². The van der Waals surface area contributed by atoms with Crippen LogP contribution in [0.15, 0.2) is 30.3 Å². The lowest BCUT2D eigenvalue weighted by Gasteiger charge is -2.11. The van der Waals surface area contributed by atoms with E-state index in [2.05, 4.69) is 12.2 Å². The van der Waals surface area contributed by atoms with Gasteiger partial charge in [0.25, 0.3) is 0 Å². The molecule has 1 saturated heterocycles. The number of carbonyl (C=O) groups is 3. The number of carboxylic acids is 1. The van der Waals surface area contributed by atoms with Crippen molar-refractivity contribution in [1.82, 2.24) is 5.32 Å². The van der Waals surface area contributed by atoms with Gasteiger partial charge in [-0.1, -0.05) is 108 Å². The Morgan fingerprint density at radius 1 is 0.971 bits per heavy atom. The third-order valence-electron chi connectivity index (χ3n) is 6.14. The highest BCUT2D eigenvalue weighted by Crippen LogP contribution is 2.12. The molecule has 7 heteroatoms. The zero-order valence-corrected chi connectivity index (χ0v) is 21.5. The van der Waals surface area contributed by atoms with E-state index >= 15 is 0 Å². The Bertz CT molecular complexity index is 711. The highest BCUT2D eigenvalue weighted by Gasteiger charge is 2.26. The van der Waals surface area contributed by atoms with Crippen molar-refractivity contribution < 1.29 is 24.2 Å². The summed E-state index contributed by atoms with van der Waals surface area (Å²) in [6, 6.07) is 8.64. The summed E-state index contributed by atoms with van der Waals surface area (Å²) in [7, 11) is 0. The average molecular weight is 491 g/mol. The van der Waals surface area contributed by atoms with Gasteiger partial charge in [-0.15, -0.1) is 0 Å². The number of nitrogens with two attached hydrogens (primary N) is 1. The highest BCUT2D eigenvalue weighted by molar-refractivity contribution is 5.87. The van der Waals surface area contributed by atoms with E-state index in [0.717, 1.165) is 18.4 Å². The summed E-state index contributed by atoms with van der Waals surface area (Å²) < 4.78 is 5.30. The molecular formula is C28H46N2O5. The fraction of sp³-hybridized carbons (Fsp3) is 0.679. The molecule has 198 valence electrons. The van der Waals surface area contributed by atoms with E-state index in [1.54, 1.807) is 0 Å². The normalized spacial score (nSPS) is 15.6. The van der Waals surface area contributed by atoms with E-state index in [4.69, 9.17) is 15.6 Å². The fourth-order valence-corrected chi connectivity index (χ4v) is 3.97. The molecule has 1 aliphatic heterocycles. The summed E-state index contributed by atoms with van der Waals surface area (Å²) in [5.74, 6) is -1.39. The maximum absolute atomic E-state index is 11.9. The Balaban J connectivity index is 0.000000566. The van der Waals surface area contributed by atoms with E-state index in [1.807, 2.05) is 30.3 Å². The molecule has 1 fully saturated rings. The second-order valence-electron chi connectivity index (χ2n) is 9.35. The van der Waals surface area contributed by atoms with Crippen molar-refractivity contribution in [1.29, 1.82) is 0 Å². The van der Waals surface area contributed by atoms with Crippen LogP contribution in [0.3, 0.4) is 0 Å². The van der Waals surface area contributed by atoms with Crippen molar-refractivity contribution in [3.63, 3.8) is 0 Å². The number of carbonyl (C=O) groups excluding carboxylic acids is 2. The van der Waals surface area contributed by atoms with Crippen LogP contribution < -0.4 is 11.1 Å². The van der Waals surface area contributed by atoms with Gasteiger partial charge in [0.2, 0.25) is 5.91 Å². The summed E-state index contributed by atoms with van der Waals surface area (Å²) in [5, 5.41) is 10.6. The quantitative estimate of drug-likeness (QED) is 0.205. The predicted octanol–water partition coefficient (Wildman–Crippen LogP) is 5.15. The van der Waals surface area contributed by atoms with Crippen molar-refractivity contribution in [2.24, 2.45) is 5.73 Å². The number of hydrogen-bond acceptors (Lipinski definition) is 5. The summed E-state index contributed by atoms with van der Waals surface area (Å²) in [4.78, 5) is 32.4. The molecule has 0 aliphatic carbocycles. The van der Waals surface area contributed by atoms with Crippen molar-refractivity contribution in [3.05, 3.63) is 35.9 Å². The van der Waals surface area contributed by atoms with Gasteiger partial charge in [0.1, 0.15) is 12.1 Å². The monoisotopic (exact) mass is 490 g/mol. The van der Waals surface area contributed by atoms with Crippen molar-refractivity contribution >= 4 is 17.8 Å². The first-order valence-corrected chi connectivity index (χ1v) is 13.4. The molecule has 1 aromatic carbocycles. The molecule has 0 bridgehead atoms. The molecule has 4 N–H and O–H groups in total. The minimum Gasteiger partial charge on any atom is -0.480 e. The van der Waals surface area contributed by atoms with Gasteiger partial charge in [-0.05, 0) is 24.8 Å². The molecule has 1 aromatic rings. The van der Waals surface area contributed by atoms with Crippen LogP contribution in [0, 0.1) is 0 Å². The van der Waals surface area contributed by atoms with Crippen LogP contribution in [0.5, 0.6) is 0 Å². The van der Waals surface area contributed by atoms with E-state index < -0.39 is 18.1 Å². The number of rotatable bonds is 17. The lowest BCUT2D eigenvalue weighted by Crippen LogP contribution is -2.34. The Kier molecular flexibility index (Phi) is 17.4. The Hall–Kier alpha value is -2.41. The zero-order valence-electron chi connectivity index (χ0n) is 21.5. The summed E-state index contributed by atoms with van der Waals surface area (Å²) in [6.45, 7) is 2.76. The minimum atomic E-state index is -0.944. The lowest BCUT2D eigenvalue weighted by molar-refractivity contribution is -0.145. The van der Waals surface area contributed by atoms with Crippen LogP contribution in [0.4, 0.5) is 0 Å². The smallest absolute Gasteiger partial charge is 0.326 e. The third-order valence-corrected chi connectivity index (χ3v) is 6.14. The van der Waals surface area contributed by atoms with Crippen molar-refractivity contribution in [2.75, 3.05) is 6.61 Å². The standard InChI is InChI=1S/C23H39NO2.C5H7NO3/c1-2-3-4-5-6-7-8-9-10-11-12-16-19-26-23(25)22(24)20-21-17-14-13-15-18-21;7-4-2-1-3(6-4)5(8)9/h13-15,17-18,22H,2-12,16,19-20,24H2,1H3;3H,1-2H2,(H,6,7)(H,8,9)/t22-;/m0./s1. The van der Waals surface area contributed by atoms with Gasteiger partial charge >= 0.3 is 11.9 Å². The molecule has 0 saturated carbocycles. The summed E-state index contributed by atoms with van der Waals surface area (Å²) in [5.41, 5.74) is 6.99. The molecule has 1 unspecified atom stereocenters. The first-order valence-electron chi connectivity index (χ1n) is 13.4. The number of esters is 1. The van der Waals surface area contributed by atoms with Crippen LogP contribution in [-0.2, 0) is 25.5 Å². The Morgan fingerprint density at radius 3 is 1.97 bits per heavy atom. The summed E-state index contributed by atoms with van der Waals surface area (Å²) in [6.07, 6.45) is 17.0. The highest BCUT2D eigenvalue weighted by atomic mass is 16.5. The molecule has 0 spiro atoms. The van der Waals surface area contributed by atoms with Gasteiger partial charge in [0.15, 0.2) is 0 Å². The van der Waals surface area contributed by atoms with Crippen LogP contribution in [0.1, 0.15) is 102 Å². The first kappa shape index (κ1) is 30.6. The van der Waals surface area contributed by atoms with Gasteiger partial charge in [-0.2, -0.15) is 0 Å². The van der Waals surface area contributed by atoms with E-state index in [-0.39, 0.29) is 11.9 Å². The van der Waals surface area contributed by atoms with Crippen LogP contribution in [-0.4, -0.2) is 41.6 Å². The minimum absolute atomic E-state index is 0.164. The number of ether oxygens (including phenoxy) is 1. The van der Waals surface area contributed by atoms with Gasteiger partial charge in [0, 0.05) is 6.42 Å². The van der Waals surface area contributed by atoms with Gasteiger partial charge in [-0.3, -0.25) is 9.59 Å². The fourth-order valence-electron chi connectivity index (χ4n) is 3.97. The van der Waals surface area contributed by atoms with Crippen LogP contribution in [0.25, 0.3) is 0 Å². The van der Waals surface area contributed by atoms with Gasteiger partial charge in [-0.25, -0.2) is 4.79 Å². The lowest BCUT2D eigenvalue weighted by atomic mass is 10.1. The largest absolute Gasteiger partial charge is 0.480 e. The van der Waals surface area contributed by atoms with Crippen LogP contribution in [0.2, 0.25) is 0 Å². The molecule has 0 aromatic heterocycles. The summed E-state index contributed by atoms with van der Waals surface area (Å²) >= 11 is 0. The molecule has 7 nitrogen and oxygen atoms in total. The number of amides is 1. The average Bonchev–Trinajstić information content (AvgIpc) is 3.29. The zero-order chi connectivity index (χ0) is 25.7. The molecule has 1 aliphatic rings. The number of carboxylic acid groups (broad SMARTS) is 1. The molecule has 0 radical (unpaired) electrons. The number of benzene rings is 1. The van der Waals surface area contributed by atoms with Crippen molar-refractivity contribution in [3.8, 4) is 0 Å². The SMILES string of the molecule is CCCCCCCCCCCCCCOC(=O)[C@@H](N)Cc1ccccc1.O=C1CCC(C(=O)O)N1. The maximum Gasteiger partial charge on any atom is 0.326 e. The Morgan fingerprint density at radius 2 is 1.51 bits per heavy atom. The third kappa shape index (κ3) is 16.0. The van der Waals surface area contributed by atoms with E-state index in [0.29, 0.717) is 25.9 Å². The number of aliphatic carboxylic acids is 1. The molecule has 2 rings (SSSR count). The van der Waals surface area contributed by atoms with Gasteiger partial charge < -0.3 is 20.9 Å². The van der Waals surface area contributed by atoms with Crippen LogP contribution >= 0.6 is 0 Å². The number of nitrogens with one attached hydrogen (secondary N) is 1. The Labute approximate surface area is 211 Å². The molecular weight excluding hydrogens is 444 g/mol. The second-order valence-corrected chi connectivity index (χ2v) is 9.35.